The van der Waals surface area contributed by atoms with Crippen LogP contribution >= 0.6 is 0 Å². The highest BCUT2D eigenvalue weighted by Gasteiger charge is 2.37. The van der Waals surface area contributed by atoms with E-state index < -0.39 is 44.9 Å². The van der Waals surface area contributed by atoms with Gasteiger partial charge in [-0.3, -0.25) is 4.68 Å². The number of alkyl halides is 3. The summed E-state index contributed by atoms with van der Waals surface area (Å²) in [5.74, 6) is -0.903. The van der Waals surface area contributed by atoms with Crippen LogP contribution in [0.4, 0.5) is 27.8 Å². The second kappa shape index (κ2) is 11.3. The number of anilines is 1. The number of nitrogens with zero attached hydrogens (tertiary/aromatic N) is 6. The molecule has 3 aromatic heterocycles. The Bertz CT molecular complexity index is 1490. The van der Waals surface area contributed by atoms with Gasteiger partial charge in [-0.15, -0.1) is 0 Å². The normalized spacial score (nSPS) is 18.0. The van der Waals surface area contributed by atoms with E-state index in [4.69, 9.17) is 9.84 Å². The smallest absolute Gasteiger partial charge is 0.257 e. The molecule has 5 rings (SSSR count). The molecule has 0 spiro atoms. The SMILES string of the molecule is C[Si](C)(C)CCOCn1nc(N2C[C@@H](F)C[C@@H]2c2cc(F)ccc2F)c2cc(-c3ccn(CC(F)F)n3)cnc21. The van der Waals surface area contributed by atoms with Gasteiger partial charge in [-0.25, -0.2) is 31.6 Å². The molecule has 1 aliphatic rings. The van der Waals surface area contributed by atoms with Gasteiger partial charge in [-0.05, 0) is 36.4 Å². The number of benzene rings is 1. The van der Waals surface area contributed by atoms with Crippen molar-refractivity contribution in [2.24, 2.45) is 0 Å². The van der Waals surface area contributed by atoms with E-state index in [-0.39, 0.29) is 25.3 Å². The molecule has 1 saturated heterocycles. The predicted octanol–water partition coefficient (Wildman–Crippen LogP) is 6.44. The minimum atomic E-state index is -2.55. The number of aromatic nitrogens is 5. The van der Waals surface area contributed by atoms with Crippen LogP contribution in [0.2, 0.25) is 25.7 Å². The maximum atomic E-state index is 14.8. The zero-order valence-corrected chi connectivity index (χ0v) is 23.5. The van der Waals surface area contributed by atoms with Crippen molar-refractivity contribution in [3.05, 3.63) is 59.9 Å². The number of fused-ring (bicyclic) bond motifs is 1. The second-order valence-corrected chi connectivity index (χ2v) is 16.9. The van der Waals surface area contributed by atoms with E-state index in [9.17, 15) is 22.0 Å². The van der Waals surface area contributed by atoms with Crippen LogP contribution in [0.25, 0.3) is 22.3 Å². The molecule has 0 amide bonds. The second-order valence-electron chi connectivity index (χ2n) is 11.2. The van der Waals surface area contributed by atoms with Crippen LogP contribution in [0, 0.1) is 11.6 Å². The van der Waals surface area contributed by atoms with E-state index in [1.165, 1.54) is 6.20 Å². The topological polar surface area (TPSA) is 61.0 Å². The molecule has 0 radical (unpaired) electrons. The summed E-state index contributed by atoms with van der Waals surface area (Å²) in [6.45, 7) is 6.76. The number of rotatable bonds is 10. The number of ether oxygens (including phenoxy) is 1. The van der Waals surface area contributed by atoms with Crippen LogP contribution in [-0.2, 0) is 18.0 Å². The van der Waals surface area contributed by atoms with Gasteiger partial charge in [0.2, 0.25) is 0 Å². The maximum absolute atomic E-state index is 14.8. The van der Waals surface area contributed by atoms with Crippen LogP contribution in [-0.4, -0.2) is 58.4 Å². The van der Waals surface area contributed by atoms with E-state index in [1.54, 1.807) is 27.9 Å². The molecule has 1 aromatic carbocycles. The minimum absolute atomic E-state index is 0.0351. The highest BCUT2D eigenvalue weighted by atomic mass is 28.3. The quantitative estimate of drug-likeness (QED) is 0.123. The monoisotopic (exact) mass is 578 g/mol. The Balaban J connectivity index is 1.55. The Morgan fingerprint density at radius 3 is 2.65 bits per heavy atom. The van der Waals surface area contributed by atoms with Gasteiger partial charge in [0.05, 0.1) is 23.7 Å². The first-order valence-electron chi connectivity index (χ1n) is 13.1. The molecule has 214 valence electrons. The van der Waals surface area contributed by atoms with Crippen LogP contribution in [0.1, 0.15) is 18.0 Å². The molecule has 4 aromatic rings. The molecule has 1 aliphatic heterocycles. The number of pyridine rings is 1. The lowest BCUT2D eigenvalue weighted by Gasteiger charge is -2.25. The predicted molar refractivity (Wildman–Crippen MR) is 145 cm³/mol. The van der Waals surface area contributed by atoms with E-state index in [2.05, 4.69) is 29.7 Å². The first kappa shape index (κ1) is 28.2. The fraction of sp³-hybridized carbons (Fsp3) is 0.444. The molecule has 1 fully saturated rings. The van der Waals surface area contributed by atoms with Gasteiger partial charge in [-0.1, -0.05) is 19.6 Å². The number of hydrogen-bond donors (Lipinski definition) is 0. The van der Waals surface area contributed by atoms with E-state index >= 15 is 0 Å². The molecule has 0 saturated carbocycles. The van der Waals surface area contributed by atoms with E-state index in [1.807, 2.05) is 0 Å². The highest BCUT2D eigenvalue weighted by Crippen LogP contribution is 2.41. The average Bonchev–Trinajstić information content (AvgIpc) is 3.59. The number of hydrogen-bond acceptors (Lipinski definition) is 5. The third-order valence-corrected chi connectivity index (χ3v) is 8.58. The first-order valence-corrected chi connectivity index (χ1v) is 16.8. The van der Waals surface area contributed by atoms with Crippen LogP contribution in [0.3, 0.4) is 0 Å². The lowest BCUT2D eigenvalue weighted by atomic mass is 10.0. The summed E-state index contributed by atoms with van der Waals surface area (Å²) in [5, 5.41) is 9.46. The summed E-state index contributed by atoms with van der Waals surface area (Å²) in [6.07, 6.45) is -0.857. The summed E-state index contributed by atoms with van der Waals surface area (Å²) >= 11 is 0. The first-order chi connectivity index (χ1) is 19.0. The summed E-state index contributed by atoms with van der Waals surface area (Å²) in [5.41, 5.74) is 1.48. The Kier molecular flexibility index (Phi) is 7.95. The van der Waals surface area contributed by atoms with Gasteiger partial charge in [0, 0.05) is 44.6 Å². The molecule has 0 N–H and O–H groups in total. The third-order valence-electron chi connectivity index (χ3n) is 6.88. The van der Waals surface area contributed by atoms with Crippen LogP contribution in [0.5, 0.6) is 0 Å². The summed E-state index contributed by atoms with van der Waals surface area (Å²) in [4.78, 5) is 6.20. The van der Waals surface area contributed by atoms with Gasteiger partial charge in [0.1, 0.15) is 31.1 Å². The Morgan fingerprint density at radius 2 is 1.90 bits per heavy atom. The zero-order valence-electron chi connectivity index (χ0n) is 22.5. The number of halogens is 5. The minimum Gasteiger partial charge on any atom is -0.359 e. The Labute approximate surface area is 229 Å². The molecule has 13 heteroatoms. The van der Waals surface area contributed by atoms with Gasteiger partial charge < -0.3 is 9.64 Å². The molecule has 4 heterocycles. The third kappa shape index (κ3) is 6.19. The van der Waals surface area contributed by atoms with Crippen molar-refractivity contribution in [1.29, 1.82) is 0 Å². The molecule has 7 nitrogen and oxygen atoms in total. The van der Waals surface area contributed by atoms with Crippen molar-refractivity contribution in [2.45, 2.75) is 64.0 Å². The molecule has 40 heavy (non-hydrogen) atoms. The van der Waals surface area contributed by atoms with E-state index in [0.717, 1.165) is 28.9 Å². The molecule has 0 unspecified atom stereocenters. The molecule has 0 bridgehead atoms. The molecular formula is C27H31F5N6OSi. The Morgan fingerprint density at radius 1 is 1.10 bits per heavy atom. The summed E-state index contributed by atoms with van der Waals surface area (Å²) < 4.78 is 78.0. The van der Waals surface area contributed by atoms with Crippen LogP contribution in [0.15, 0.2) is 42.7 Å². The van der Waals surface area contributed by atoms with Crippen molar-refractivity contribution in [3.8, 4) is 11.3 Å². The van der Waals surface area contributed by atoms with Crippen molar-refractivity contribution in [3.63, 3.8) is 0 Å². The van der Waals surface area contributed by atoms with E-state index in [0.29, 0.717) is 34.7 Å². The lowest BCUT2D eigenvalue weighted by Crippen LogP contribution is -2.25. The fourth-order valence-electron chi connectivity index (χ4n) is 4.86. The Hall–Kier alpha value is -3.32. The zero-order chi connectivity index (χ0) is 28.6. The largest absolute Gasteiger partial charge is 0.359 e. The fourth-order valence-corrected chi connectivity index (χ4v) is 5.61. The van der Waals surface area contributed by atoms with Gasteiger partial charge in [0.25, 0.3) is 6.43 Å². The highest BCUT2D eigenvalue weighted by molar-refractivity contribution is 6.76. The van der Waals surface area contributed by atoms with Crippen molar-refractivity contribution < 1.29 is 26.7 Å². The van der Waals surface area contributed by atoms with Gasteiger partial charge >= 0.3 is 0 Å². The molecule has 2 atom stereocenters. The van der Waals surface area contributed by atoms with Gasteiger partial charge in [0.15, 0.2) is 11.5 Å². The summed E-state index contributed by atoms with van der Waals surface area (Å²) in [7, 11) is -1.33. The lowest BCUT2D eigenvalue weighted by molar-refractivity contribution is 0.0814. The summed E-state index contributed by atoms with van der Waals surface area (Å²) in [6, 6.07) is 6.66. The van der Waals surface area contributed by atoms with Gasteiger partial charge in [-0.2, -0.15) is 10.2 Å². The molecular weight excluding hydrogens is 547 g/mol. The van der Waals surface area contributed by atoms with Crippen molar-refractivity contribution >= 4 is 24.9 Å². The van der Waals surface area contributed by atoms with Crippen LogP contribution < -0.4 is 4.90 Å². The van der Waals surface area contributed by atoms with Crippen molar-refractivity contribution in [1.82, 2.24) is 24.5 Å². The maximum Gasteiger partial charge on any atom is 0.257 e. The average molecular weight is 579 g/mol. The van der Waals surface area contributed by atoms with Crippen molar-refractivity contribution in [2.75, 3.05) is 18.1 Å². The standard InChI is InChI=1S/C27H31F5N6OSi/c1-40(2,3)9-8-39-16-38-26-21(10-17(13-33-26)23-6-7-36(34-23)15-25(31)32)27(35-38)37-14-19(29)12-24(37)20-11-18(28)4-5-22(20)30/h4-7,10-11,13,19,24-25H,8-9,12,14-16H2,1-3H3/t19-,24+/m0/s1. The molecule has 0 aliphatic carbocycles.